The summed E-state index contributed by atoms with van der Waals surface area (Å²) in [4.78, 5) is 2.37. The van der Waals surface area contributed by atoms with Crippen molar-refractivity contribution in [1.29, 1.82) is 0 Å². The molecule has 0 bridgehead atoms. The van der Waals surface area contributed by atoms with E-state index in [2.05, 4.69) is 4.90 Å². The summed E-state index contributed by atoms with van der Waals surface area (Å²) >= 11 is 0. The quantitative estimate of drug-likeness (QED) is 0.765. The van der Waals surface area contributed by atoms with E-state index in [1.165, 1.54) is 19.3 Å². The Labute approximate surface area is 102 Å². The van der Waals surface area contributed by atoms with Gasteiger partial charge in [0, 0.05) is 12.1 Å². The van der Waals surface area contributed by atoms with E-state index >= 15 is 0 Å². The lowest BCUT2D eigenvalue weighted by Crippen LogP contribution is -2.29. The van der Waals surface area contributed by atoms with Crippen LogP contribution >= 0.6 is 0 Å². The lowest BCUT2D eigenvalue weighted by Gasteiger charge is -2.27. The van der Waals surface area contributed by atoms with E-state index in [1.54, 1.807) is 6.07 Å². The normalized spacial score (nSPS) is 16.8. The van der Waals surface area contributed by atoms with Crippen LogP contribution < -0.4 is 4.65 Å². The summed E-state index contributed by atoms with van der Waals surface area (Å²) in [7, 11) is -1.75. The largest absolute Gasteiger partial charge is 0.707 e. The summed E-state index contributed by atoms with van der Waals surface area (Å²) in [6.45, 7) is 3.02. The molecule has 0 saturated carbocycles. The Kier molecular flexibility index (Phi) is 4.42. The predicted molar refractivity (Wildman–Crippen MR) is 66.4 cm³/mol. The van der Waals surface area contributed by atoms with Crippen LogP contribution in [-0.4, -0.2) is 35.4 Å². The molecule has 0 aromatic heterocycles. The van der Waals surface area contributed by atoms with E-state index in [0.717, 1.165) is 25.2 Å². The highest BCUT2D eigenvalue weighted by Gasteiger charge is 2.16. The number of nitrogens with zero attached hydrogens (tertiary/aromatic N) is 1. The molecule has 1 aliphatic rings. The van der Waals surface area contributed by atoms with Gasteiger partial charge in [-0.3, -0.25) is 4.90 Å². The van der Waals surface area contributed by atoms with Crippen LogP contribution in [0.15, 0.2) is 24.3 Å². The van der Waals surface area contributed by atoms with Gasteiger partial charge < -0.3 is 14.7 Å². The molecule has 1 heterocycles. The highest BCUT2D eigenvalue weighted by atomic mass is 16.6. The topological polar surface area (TPSA) is 52.9 Å². The molecule has 0 radical (unpaired) electrons. The second-order valence-electron chi connectivity index (χ2n) is 4.39. The minimum Gasteiger partial charge on any atom is -0.512 e. The number of rotatable bonds is 4. The maximum absolute atomic E-state index is 8.86. The highest BCUT2D eigenvalue weighted by Crippen LogP contribution is 2.21. The van der Waals surface area contributed by atoms with Gasteiger partial charge in [0.1, 0.15) is 5.75 Å². The standard InChI is InChI=1S/C12H18BNO3/c15-13(16)17-12-7-3-2-6-11(12)10-14-8-4-1-5-9-14/h2-3,6-7,15-16H,1,4-5,8-10H2. The Hall–Kier alpha value is -1.04. The van der Waals surface area contributed by atoms with Gasteiger partial charge in [-0.2, -0.15) is 0 Å². The molecule has 0 atom stereocenters. The Morgan fingerprint density at radius 3 is 2.53 bits per heavy atom. The summed E-state index contributed by atoms with van der Waals surface area (Å²) < 4.78 is 4.97. The molecule has 0 spiro atoms. The van der Waals surface area contributed by atoms with Crippen LogP contribution in [0.3, 0.4) is 0 Å². The SMILES string of the molecule is OB(O)Oc1ccccc1CN1CCCCC1. The van der Waals surface area contributed by atoms with Crippen molar-refractivity contribution >= 4 is 7.32 Å². The van der Waals surface area contributed by atoms with Crippen molar-refractivity contribution in [3.63, 3.8) is 0 Å². The number of likely N-dealkylation sites (tertiary alicyclic amines) is 1. The second kappa shape index (κ2) is 6.05. The second-order valence-corrected chi connectivity index (χ2v) is 4.39. The molecule has 2 rings (SSSR count). The third kappa shape index (κ3) is 3.73. The van der Waals surface area contributed by atoms with Gasteiger partial charge in [0.25, 0.3) is 0 Å². The Morgan fingerprint density at radius 1 is 1.12 bits per heavy atom. The van der Waals surface area contributed by atoms with E-state index in [4.69, 9.17) is 14.7 Å². The highest BCUT2D eigenvalue weighted by molar-refractivity contribution is 6.33. The van der Waals surface area contributed by atoms with E-state index in [0.29, 0.717) is 5.75 Å². The molecule has 1 aromatic carbocycles. The molecular formula is C12H18BNO3. The summed E-state index contributed by atoms with van der Waals surface area (Å²) in [5, 5.41) is 17.7. The van der Waals surface area contributed by atoms with E-state index in [9.17, 15) is 0 Å². The maximum Gasteiger partial charge on any atom is 0.707 e. The summed E-state index contributed by atoms with van der Waals surface area (Å²) in [6.07, 6.45) is 3.79. The van der Waals surface area contributed by atoms with Crippen LogP contribution in [0.2, 0.25) is 0 Å². The number of para-hydroxylation sites is 1. The average Bonchev–Trinajstić information content (AvgIpc) is 2.32. The Bertz CT molecular complexity index is 353. The van der Waals surface area contributed by atoms with Crippen LogP contribution in [0.1, 0.15) is 24.8 Å². The van der Waals surface area contributed by atoms with Crippen LogP contribution in [0, 0.1) is 0 Å². The third-order valence-electron chi connectivity index (χ3n) is 3.05. The minimum atomic E-state index is -1.75. The van der Waals surface area contributed by atoms with Crippen LogP contribution in [0.25, 0.3) is 0 Å². The van der Waals surface area contributed by atoms with E-state index in [-0.39, 0.29) is 0 Å². The molecule has 17 heavy (non-hydrogen) atoms. The number of piperidine rings is 1. The van der Waals surface area contributed by atoms with E-state index < -0.39 is 7.32 Å². The monoisotopic (exact) mass is 235 g/mol. The molecule has 1 fully saturated rings. The number of hydrogen-bond acceptors (Lipinski definition) is 4. The molecule has 1 aliphatic heterocycles. The van der Waals surface area contributed by atoms with Gasteiger partial charge in [0.15, 0.2) is 0 Å². The number of benzene rings is 1. The molecule has 92 valence electrons. The van der Waals surface area contributed by atoms with Crippen LogP contribution in [-0.2, 0) is 6.54 Å². The first-order valence-corrected chi connectivity index (χ1v) is 6.09. The van der Waals surface area contributed by atoms with Gasteiger partial charge in [0.05, 0.1) is 0 Å². The molecule has 1 aromatic rings. The molecule has 2 N–H and O–H groups in total. The molecule has 0 amide bonds. The molecule has 5 heteroatoms. The first-order chi connectivity index (χ1) is 8.25. The van der Waals surface area contributed by atoms with Crippen LogP contribution in [0.4, 0.5) is 0 Å². The van der Waals surface area contributed by atoms with Crippen molar-refractivity contribution < 1.29 is 14.7 Å². The zero-order valence-electron chi connectivity index (χ0n) is 9.88. The molecule has 4 nitrogen and oxygen atoms in total. The molecular weight excluding hydrogens is 217 g/mol. The minimum absolute atomic E-state index is 0.549. The fourth-order valence-electron chi connectivity index (χ4n) is 2.22. The van der Waals surface area contributed by atoms with Gasteiger partial charge in [0.2, 0.25) is 0 Å². The zero-order chi connectivity index (χ0) is 12.1. The van der Waals surface area contributed by atoms with Crippen molar-refractivity contribution in [3.05, 3.63) is 29.8 Å². The molecule has 0 aliphatic carbocycles. The summed E-state index contributed by atoms with van der Waals surface area (Å²) in [6, 6.07) is 7.50. The first kappa shape index (κ1) is 12.4. The van der Waals surface area contributed by atoms with Crippen molar-refractivity contribution in [2.45, 2.75) is 25.8 Å². The lowest BCUT2D eigenvalue weighted by molar-refractivity contribution is 0.217. The van der Waals surface area contributed by atoms with Crippen molar-refractivity contribution in [2.24, 2.45) is 0 Å². The molecule has 0 unspecified atom stereocenters. The number of hydrogen-bond donors (Lipinski definition) is 2. The van der Waals surface area contributed by atoms with Crippen molar-refractivity contribution in [2.75, 3.05) is 13.1 Å². The smallest absolute Gasteiger partial charge is 0.512 e. The van der Waals surface area contributed by atoms with Gasteiger partial charge in [-0.05, 0) is 32.0 Å². The van der Waals surface area contributed by atoms with Crippen molar-refractivity contribution in [3.8, 4) is 5.75 Å². The van der Waals surface area contributed by atoms with Gasteiger partial charge in [-0.15, -0.1) is 0 Å². The van der Waals surface area contributed by atoms with Crippen molar-refractivity contribution in [1.82, 2.24) is 4.90 Å². The molecule has 1 saturated heterocycles. The van der Waals surface area contributed by atoms with Crippen LogP contribution in [0.5, 0.6) is 5.75 Å². The lowest BCUT2D eigenvalue weighted by atomic mass is 10.1. The fraction of sp³-hybridized carbons (Fsp3) is 0.500. The maximum atomic E-state index is 8.86. The van der Waals surface area contributed by atoms with Gasteiger partial charge in [-0.25, -0.2) is 0 Å². The average molecular weight is 235 g/mol. The summed E-state index contributed by atoms with van der Waals surface area (Å²) in [5.41, 5.74) is 1.00. The Balaban J connectivity index is 2.03. The predicted octanol–water partition coefficient (Wildman–Crippen LogP) is 1.02. The Morgan fingerprint density at radius 2 is 1.82 bits per heavy atom. The third-order valence-corrected chi connectivity index (χ3v) is 3.05. The van der Waals surface area contributed by atoms with E-state index in [1.807, 2.05) is 18.2 Å². The first-order valence-electron chi connectivity index (χ1n) is 6.09. The fourth-order valence-corrected chi connectivity index (χ4v) is 2.22. The van der Waals surface area contributed by atoms with Gasteiger partial charge >= 0.3 is 7.32 Å². The summed E-state index contributed by atoms with van der Waals surface area (Å²) in [5.74, 6) is 0.549. The van der Waals surface area contributed by atoms with Gasteiger partial charge in [-0.1, -0.05) is 24.6 Å². The zero-order valence-corrected chi connectivity index (χ0v) is 9.88.